The van der Waals surface area contributed by atoms with Crippen LogP contribution in [-0.2, 0) is 4.79 Å². The largest absolute Gasteiger partial charge is 0.481 e. The lowest BCUT2D eigenvalue weighted by Crippen LogP contribution is -2.57. The Labute approximate surface area is 97.2 Å². The van der Waals surface area contributed by atoms with Crippen molar-refractivity contribution in [1.82, 2.24) is 9.80 Å². The van der Waals surface area contributed by atoms with Crippen molar-refractivity contribution in [3.05, 3.63) is 0 Å². The molecule has 1 N–H and O–H groups in total. The maximum absolute atomic E-state index is 10.8. The summed E-state index contributed by atoms with van der Waals surface area (Å²) < 4.78 is 0. The molecule has 0 saturated carbocycles. The lowest BCUT2D eigenvalue weighted by molar-refractivity contribution is -0.142. The number of piperidine rings is 3. The van der Waals surface area contributed by atoms with Gasteiger partial charge >= 0.3 is 5.97 Å². The number of hydrogen-bond acceptors (Lipinski definition) is 3. The molecule has 3 heterocycles. The smallest absolute Gasteiger partial charge is 0.307 e. The summed E-state index contributed by atoms with van der Waals surface area (Å²) in [5.41, 5.74) is 0. The molecule has 92 valence electrons. The minimum absolute atomic E-state index is 0.263. The standard InChI is InChI=1S/C12H22N2O2/c1-9(12(15)16)7-13(2)11-8-14-5-3-10(11)4-6-14/h9-11H,3-8H2,1-2H3,(H,15,16). The summed E-state index contributed by atoms with van der Waals surface area (Å²) in [4.78, 5) is 15.6. The Balaban J connectivity index is 1.89. The van der Waals surface area contributed by atoms with Crippen LogP contribution in [0.15, 0.2) is 0 Å². The number of carboxylic acid groups (broad SMARTS) is 1. The summed E-state index contributed by atoms with van der Waals surface area (Å²) in [5.74, 6) is -0.162. The number of nitrogens with zero attached hydrogens (tertiary/aromatic N) is 2. The minimum atomic E-state index is -0.687. The predicted molar refractivity (Wildman–Crippen MR) is 62.4 cm³/mol. The topological polar surface area (TPSA) is 43.8 Å². The van der Waals surface area contributed by atoms with Gasteiger partial charge in [-0.1, -0.05) is 6.92 Å². The first-order chi connectivity index (χ1) is 7.58. The zero-order valence-corrected chi connectivity index (χ0v) is 10.2. The van der Waals surface area contributed by atoms with Crippen molar-refractivity contribution in [3.8, 4) is 0 Å². The highest BCUT2D eigenvalue weighted by Gasteiger charge is 2.36. The fourth-order valence-electron chi connectivity index (χ4n) is 3.08. The summed E-state index contributed by atoms with van der Waals surface area (Å²) in [6.07, 6.45) is 2.58. The van der Waals surface area contributed by atoms with Crippen molar-refractivity contribution in [2.24, 2.45) is 11.8 Å². The van der Waals surface area contributed by atoms with Crippen LogP contribution in [0, 0.1) is 11.8 Å². The molecule has 3 fully saturated rings. The van der Waals surface area contributed by atoms with E-state index in [0.29, 0.717) is 12.6 Å². The summed E-state index contributed by atoms with van der Waals surface area (Å²) in [6.45, 7) is 6.07. The molecule has 0 amide bonds. The van der Waals surface area contributed by atoms with Gasteiger partial charge in [0.05, 0.1) is 5.92 Å². The molecule has 0 spiro atoms. The van der Waals surface area contributed by atoms with E-state index in [9.17, 15) is 4.79 Å². The molecule has 2 bridgehead atoms. The molecule has 0 radical (unpaired) electrons. The first kappa shape index (κ1) is 11.9. The van der Waals surface area contributed by atoms with Gasteiger partial charge in [-0.15, -0.1) is 0 Å². The molecule has 3 saturated heterocycles. The quantitative estimate of drug-likeness (QED) is 0.767. The average Bonchev–Trinajstić information content (AvgIpc) is 2.30. The van der Waals surface area contributed by atoms with Gasteiger partial charge in [0, 0.05) is 19.1 Å². The van der Waals surface area contributed by atoms with Gasteiger partial charge in [0.1, 0.15) is 0 Å². The van der Waals surface area contributed by atoms with Crippen LogP contribution in [0.4, 0.5) is 0 Å². The molecule has 2 unspecified atom stereocenters. The Hall–Kier alpha value is -0.610. The van der Waals surface area contributed by atoms with E-state index in [4.69, 9.17) is 5.11 Å². The Bertz CT molecular complexity index is 262. The summed E-state index contributed by atoms with van der Waals surface area (Å²) >= 11 is 0. The zero-order chi connectivity index (χ0) is 11.7. The molecule has 0 aromatic rings. The number of aliphatic carboxylic acids is 1. The molecule has 4 nitrogen and oxygen atoms in total. The second kappa shape index (κ2) is 4.72. The molecule has 0 aromatic carbocycles. The van der Waals surface area contributed by atoms with E-state index in [1.54, 1.807) is 6.92 Å². The van der Waals surface area contributed by atoms with Gasteiger partial charge in [0.2, 0.25) is 0 Å². The summed E-state index contributed by atoms with van der Waals surface area (Å²) in [5, 5.41) is 8.92. The molecule has 16 heavy (non-hydrogen) atoms. The van der Waals surface area contributed by atoms with E-state index in [2.05, 4.69) is 16.8 Å². The van der Waals surface area contributed by atoms with Gasteiger partial charge in [0.15, 0.2) is 0 Å². The second-order valence-corrected chi connectivity index (χ2v) is 5.38. The van der Waals surface area contributed by atoms with Gasteiger partial charge in [-0.3, -0.25) is 4.79 Å². The highest BCUT2D eigenvalue weighted by molar-refractivity contribution is 5.69. The predicted octanol–water partition coefficient (Wildman–Crippen LogP) is 0.733. The molecule has 4 heteroatoms. The van der Waals surface area contributed by atoms with E-state index in [0.717, 1.165) is 12.5 Å². The maximum Gasteiger partial charge on any atom is 0.307 e. The lowest BCUT2D eigenvalue weighted by Gasteiger charge is -2.48. The Morgan fingerprint density at radius 2 is 2.12 bits per heavy atom. The minimum Gasteiger partial charge on any atom is -0.481 e. The van der Waals surface area contributed by atoms with E-state index in [-0.39, 0.29) is 5.92 Å². The van der Waals surface area contributed by atoms with Crippen molar-refractivity contribution in [1.29, 1.82) is 0 Å². The molecular formula is C12H22N2O2. The van der Waals surface area contributed by atoms with Crippen LogP contribution in [0.1, 0.15) is 19.8 Å². The van der Waals surface area contributed by atoms with Crippen LogP contribution in [0.2, 0.25) is 0 Å². The number of carbonyl (C=O) groups is 1. The van der Waals surface area contributed by atoms with Gasteiger partial charge in [-0.2, -0.15) is 0 Å². The third-order valence-corrected chi connectivity index (χ3v) is 4.17. The van der Waals surface area contributed by atoms with E-state index in [1.165, 1.54) is 25.9 Å². The monoisotopic (exact) mass is 226 g/mol. The second-order valence-electron chi connectivity index (χ2n) is 5.38. The van der Waals surface area contributed by atoms with E-state index in [1.807, 2.05) is 0 Å². The third-order valence-electron chi connectivity index (χ3n) is 4.17. The van der Waals surface area contributed by atoms with Crippen molar-refractivity contribution in [2.75, 3.05) is 33.2 Å². The normalized spacial score (nSPS) is 35.3. The fraction of sp³-hybridized carbons (Fsp3) is 0.917. The molecule has 3 aliphatic heterocycles. The first-order valence-corrected chi connectivity index (χ1v) is 6.23. The Morgan fingerprint density at radius 3 is 2.56 bits per heavy atom. The van der Waals surface area contributed by atoms with Crippen LogP contribution in [0.25, 0.3) is 0 Å². The number of carboxylic acids is 1. The van der Waals surface area contributed by atoms with Gasteiger partial charge < -0.3 is 14.9 Å². The van der Waals surface area contributed by atoms with Crippen LogP contribution in [0.3, 0.4) is 0 Å². The molecule has 0 aromatic heterocycles. The van der Waals surface area contributed by atoms with E-state index < -0.39 is 5.97 Å². The first-order valence-electron chi connectivity index (χ1n) is 6.23. The Kier molecular flexibility index (Phi) is 3.50. The van der Waals surface area contributed by atoms with Crippen LogP contribution < -0.4 is 0 Å². The summed E-state index contributed by atoms with van der Waals surface area (Å²) in [7, 11) is 2.08. The highest BCUT2D eigenvalue weighted by Crippen LogP contribution is 2.30. The van der Waals surface area contributed by atoms with Crippen molar-refractivity contribution in [2.45, 2.75) is 25.8 Å². The van der Waals surface area contributed by atoms with Crippen molar-refractivity contribution < 1.29 is 9.90 Å². The van der Waals surface area contributed by atoms with Crippen molar-refractivity contribution in [3.63, 3.8) is 0 Å². The number of rotatable bonds is 4. The van der Waals surface area contributed by atoms with Crippen LogP contribution in [-0.4, -0.2) is 60.1 Å². The van der Waals surface area contributed by atoms with Gasteiger partial charge in [0.25, 0.3) is 0 Å². The number of likely N-dealkylation sites (N-methyl/N-ethyl adjacent to an activating group) is 1. The number of hydrogen-bond donors (Lipinski definition) is 1. The van der Waals surface area contributed by atoms with Crippen LogP contribution >= 0.6 is 0 Å². The molecule has 2 atom stereocenters. The molecule has 0 aliphatic carbocycles. The SMILES string of the molecule is CC(CN(C)C1CN2CCC1CC2)C(=O)O. The fourth-order valence-corrected chi connectivity index (χ4v) is 3.08. The van der Waals surface area contributed by atoms with Crippen LogP contribution in [0.5, 0.6) is 0 Å². The molecule has 3 rings (SSSR count). The summed E-state index contributed by atoms with van der Waals surface area (Å²) in [6, 6.07) is 0.573. The average molecular weight is 226 g/mol. The molecule has 3 aliphatic rings. The Morgan fingerprint density at radius 1 is 1.50 bits per heavy atom. The van der Waals surface area contributed by atoms with Gasteiger partial charge in [-0.05, 0) is 38.9 Å². The maximum atomic E-state index is 10.8. The third kappa shape index (κ3) is 2.38. The van der Waals surface area contributed by atoms with Gasteiger partial charge in [-0.25, -0.2) is 0 Å². The van der Waals surface area contributed by atoms with E-state index >= 15 is 0 Å². The highest BCUT2D eigenvalue weighted by atomic mass is 16.4. The zero-order valence-electron chi connectivity index (χ0n) is 10.2. The molecular weight excluding hydrogens is 204 g/mol. The lowest BCUT2D eigenvalue weighted by atomic mass is 9.83. The number of fused-ring (bicyclic) bond motifs is 3. The van der Waals surface area contributed by atoms with Crippen molar-refractivity contribution >= 4 is 5.97 Å².